The van der Waals surface area contributed by atoms with Gasteiger partial charge in [0.05, 0.1) is 6.54 Å². The number of nitrogens with zero attached hydrogens (tertiary/aromatic N) is 3. The highest BCUT2D eigenvalue weighted by Gasteiger charge is 2.36. The molecule has 1 aliphatic heterocycles. The van der Waals surface area contributed by atoms with Crippen molar-refractivity contribution in [1.29, 1.82) is 0 Å². The van der Waals surface area contributed by atoms with Crippen LogP contribution in [0.1, 0.15) is 24.1 Å². The molecule has 0 radical (unpaired) electrons. The molecule has 0 bridgehead atoms. The maximum atomic E-state index is 12.9. The van der Waals surface area contributed by atoms with Gasteiger partial charge in [-0.05, 0) is 23.2 Å². The fourth-order valence-electron chi connectivity index (χ4n) is 4.08. The maximum absolute atomic E-state index is 12.9. The monoisotopic (exact) mass is 415 g/mol. The lowest BCUT2D eigenvalue weighted by Gasteiger charge is -2.23. The molecule has 8 heteroatoms. The van der Waals surface area contributed by atoms with E-state index in [9.17, 15) is 9.59 Å². The van der Waals surface area contributed by atoms with Gasteiger partial charge in [0.15, 0.2) is 0 Å². The predicted molar refractivity (Wildman–Crippen MR) is 113 cm³/mol. The van der Waals surface area contributed by atoms with E-state index in [0.29, 0.717) is 30.8 Å². The molecule has 1 fully saturated rings. The minimum absolute atomic E-state index is 0.0153. The van der Waals surface area contributed by atoms with Crippen molar-refractivity contribution in [2.75, 3.05) is 0 Å². The molecule has 156 valence electrons. The van der Waals surface area contributed by atoms with E-state index < -0.39 is 6.04 Å². The number of amides is 2. The number of nitrogens with one attached hydrogen (secondary N) is 2. The second-order valence-corrected chi connectivity index (χ2v) is 7.58. The van der Waals surface area contributed by atoms with E-state index in [-0.39, 0.29) is 18.4 Å². The average Bonchev–Trinajstić information content (AvgIpc) is 3.53. The van der Waals surface area contributed by atoms with Gasteiger partial charge in [-0.2, -0.15) is 0 Å². The van der Waals surface area contributed by atoms with Gasteiger partial charge in [-0.1, -0.05) is 53.7 Å². The van der Waals surface area contributed by atoms with E-state index >= 15 is 0 Å². The van der Waals surface area contributed by atoms with Crippen molar-refractivity contribution in [3.8, 4) is 11.3 Å². The van der Waals surface area contributed by atoms with Crippen LogP contribution in [0.2, 0.25) is 0 Å². The number of aromatic nitrogens is 3. The Morgan fingerprint density at radius 2 is 1.94 bits per heavy atom. The number of hydrogen-bond acceptors (Lipinski definition) is 5. The molecular weight excluding hydrogens is 394 g/mol. The Hall–Kier alpha value is -3.94. The van der Waals surface area contributed by atoms with E-state index in [1.165, 1.54) is 0 Å². The summed E-state index contributed by atoms with van der Waals surface area (Å²) in [4.78, 5) is 30.3. The highest BCUT2D eigenvalue weighted by molar-refractivity contribution is 5.91. The van der Waals surface area contributed by atoms with Gasteiger partial charge in [-0.3, -0.25) is 9.59 Å². The van der Waals surface area contributed by atoms with Gasteiger partial charge < -0.3 is 15.2 Å². The molecule has 2 amide bonds. The summed E-state index contributed by atoms with van der Waals surface area (Å²) >= 11 is 0. The molecule has 3 heterocycles. The molecule has 31 heavy (non-hydrogen) atoms. The van der Waals surface area contributed by atoms with Crippen LogP contribution in [0.4, 0.5) is 0 Å². The van der Waals surface area contributed by atoms with Crippen molar-refractivity contribution >= 4 is 22.7 Å². The summed E-state index contributed by atoms with van der Waals surface area (Å²) in [6.45, 7) is 0.569. The van der Waals surface area contributed by atoms with Gasteiger partial charge >= 0.3 is 0 Å². The summed E-state index contributed by atoms with van der Waals surface area (Å²) in [6, 6.07) is 16.9. The number of carbonyl (C=O) groups is 2. The summed E-state index contributed by atoms with van der Waals surface area (Å²) in [5.74, 6) is -0.216. The lowest BCUT2D eigenvalue weighted by molar-refractivity contribution is -0.135. The van der Waals surface area contributed by atoms with E-state index in [0.717, 1.165) is 22.0 Å². The minimum Gasteiger partial charge on any atom is -0.361 e. The molecular formula is C23H21N5O3. The molecule has 0 spiro atoms. The van der Waals surface area contributed by atoms with Gasteiger partial charge in [0.1, 0.15) is 17.4 Å². The number of H-pyrrole nitrogens is 1. The normalized spacial score (nSPS) is 16.2. The first-order chi connectivity index (χ1) is 15.2. The zero-order valence-corrected chi connectivity index (χ0v) is 16.7. The molecule has 2 aromatic carbocycles. The summed E-state index contributed by atoms with van der Waals surface area (Å²) in [5, 5.41) is 11.9. The quantitative estimate of drug-likeness (QED) is 0.504. The number of rotatable bonds is 6. The molecule has 1 aliphatic rings. The standard InChI is InChI=1S/C23H21N5O3/c29-21-11-10-20(28(21)14-16-12-24-18-9-5-4-8-17(16)18)23(30)25-13-19-22(27-31-26-19)15-6-2-1-3-7-15/h1-9,12,20,24H,10-11,13-14H2,(H,25,30). The van der Waals surface area contributed by atoms with Crippen molar-refractivity contribution in [1.82, 2.24) is 25.5 Å². The molecule has 1 atom stereocenters. The topological polar surface area (TPSA) is 104 Å². The van der Waals surface area contributed by atoms with Crippen molar-refractivity contribution < 1.29 is 14.2 Å². The third kappa shape index (κ3) is 3.68. The van der Waals surface area contributed by atoms with Crippen molar-refractivity contribution in [3.63, 3.8) is 0 Å². The van der Waals surface area contributed by atoms with Crippen LogP contribution in [0.25, 0.3) is 22.2 Å². The molecule has 0 aliphatic carbocycles. The minimum atomic E-state index is -0.513. The van der Waals surface area contributed by atoms with Gasteiger partial charge in [0, 0.05) is 35.6 Å². The lowest BCUT2D eigenvalue weighted by atomic mass is 10.1. The molecule has 8 nitrogen and oxygen atoms in total. The van der Waals surface area contributed by atoms with Crippen molar-refractivity contribution in [2.24, 2.45) is 0 Å². The first-order valence-corrected chi connectivity index (χ1v) is 10.2. The van der Waals surface area contributed by atoms with Crippen LogP contribution in [0.15, 0.2) is 65.4 Å². The van der Waals surface area contributed by atoms with E-state index in [1.807, 2.05) is 60.8 Å². The number of para-hydroxylation sites is 1. The number of fused-ring (bicyclic) bond motifs is 1. The van der Waals surface area contributed by atoms with E-state index in [2.05, 4.69) is 20.6 Å². The Labute approximate surface area is 178 Å². The van der Waals surface area contributed by atoms with Crippen LogP contribution in [-0.2, 0) is 22.7 Å². The third-order valence-electron chi connectivity index (χ3n) is 5.68. The van der Waals surface area contributed by atoms with Crippen LogP contribution in [0, 0.1) is 0 Å². The van der Waals surface area contributed by atoms with Gasteiger partial charge in [-0.15, -0.1) is 0 Å². The highest BCUT2D eigenvalue weighted by atomic mass is 16.6. The summed E-state index contributed by atoms with van der Waals surface area (Å²) in [6.07, 6.45) is 2.76. The Morgan fingerprint density at radius 1 is 1.13 bits per heavy atom. The molecule has 2 aromatic heterocycles. The Bertz CT molecular complexity index is 1230. The number of benzene rings is 2. The maximum Gasteiger partial charge on any atom is 0.243 e. The fourth-order valence-corrected chi connectivity index (χ4v) is 4.08. The number of carbonyl (C=O) groups excluding carboxylic acids is 2. The predicted octanol–water partition coefficient (Wildman–Crippen LogP) is 3.03. The average molecular weight is 415 g/mol. The summed E-state index contributed by atoms with van der Waals surface area (Å²) in [7, 11) is 0. The zero-order chi connectivity index (χ0) is 21.2. The third-order valence-corrected chi connectivity index (χ3v) is 5.68. The van der Waals surface area contributed by atoms with E-state index in [4.69, 9.17) is 4.63 Å². The van der Waals surface area contributed by atoms with Crippen LogP contribution in [-0.4, -0.2) is 38.1 Å². The van der Waals surface area contributed by atoms with Crippen LogP contribution in [0.5, 0.6) is 0 Å². The molecule has 1 unspecified atom stereocenters. The zero-order valence-electron chi connectivity index (χ0n) is 16.7. The second-order valence-electron chi connectivity index (χ2n) is 7.58. The second kappa shape index (κ2) is 8.06. The molecule has 0 saturated carbocycles. The van der Waals surface area contributed by atoms with Crippen LogP contribution in [0.3, 0.4) is 0 Å². The van der Waals surface area contributed by atoms with Gasteiger partial charge in [-0.25, -0.2) is 4.63 Å². The lowest BCUT2D eigenvalue weighted by Crippen LogP contribution is -2.44. The smallest absolute Gasteiger partial charge is 0.243 e. The molecule has 2 N–H and O–H groups in total. The van der Waals surface area contributed by atoms with Crippen molar-refractivity contribution in [2.45, 2.75) is 32.0 Å². The Morgan fingerprint density at radius 3 is 2.81 bits per heavy atom. The first-order valence-electron chi connectivity index (χ1n) is 10.2. The number of likely N-dealkylation sites (tertiary alicyclic amines) is 1. The Kier molecular flexibility index (Phi) is 4.95. The highest BCUT2D eigenvalue weighted by Crippen LogP contribution is 2.26. The first kappa shape index (κ1) is 19.0. The van der Waals surface area contributed by atoms with Crippen molar-refractivity contribution in [3.05, 3.63) is 72.1 Å². The Balaban J connectivity index is 1.29. The SMILES string of the molecule is O=C(NCc1nonc1-c1ccccc1)C1CCC(=O)N1Cc1c[nH]c2ccccc12. The molecule has 1 saturated heterocycles. The largest absolute Gasteiger partial charge is 0.361 e. The van der Waals surface area contributed by atoms with Crippen LogP contribution < -0.4 is 5.32 Å². The van der Waals surface area contributed by atoms with Crippen LogP contribution >= 0.6 is 0 Å². The fraction of sp³-hybridized carbons (Fsp3) is 0.217. The molecule has 4 aromatic rings. The summed E-state index contributed by atoms with van der Waals surface area (Å²) in [5.41, 5.74) is 4.02. The summed E-state index contributed by atoms with van der Waals surface area (Å²) < 4.78 is 4.89. The van der Waals surface area contributed by atoms with E-state index in [1.54, 1.807) is 4.90 Å². The van der Waals surface area contributed by atoms with Gasteiger partial charge in [0.2, 0.25) is 11.8 Å². The molecule has 5 rings (SSSR count). The number of hydrogen-bond donors (Lipinski definition) is 2. The number of aromatic amines is 1. The van der Waals surface area contributed by atoms with Gasteiger partial charge in [0.25, 0.3) is 0 Å².